The fourth-order valence-corrected chi connectivity index (χ4v) is 2.60. The summed E-state index contributed by atoms with van der Waals surface area (Å²) in [5, 5.41) is 2.54. The van der Waals surface area contributed by atoms with E-state index < -0.39 is 21.8 Å². The van der Waals surface area contributed by atoms with Crippen molar-refractivity contribution in [1.29, 1.82) is 0 Å². The van der Waals surface area contributed by atoms with Crippen LogP contribution in [0.4, 0.5) is 5.69 Å². The summed E-state index contributed by atoms with van der Waals surface area (Å²) in [6.07, 6.45) is 0.750. The van der Waals surface area contributed by atoms with Crippen LogP contribution in [0.5, 0.6) is 0 Å². The Hall–Kier alpha value is -2.13. The minimum absolute atomic E-state index is 0.104. The average molecular weight is 314 g/mol. The predicted molar refractivity (Wildman–Crippen MR) is 77.9 cm³/mol. The molecule has 0 unspecified atom stereocenters. The third kappa shape index (κ3) is 4.72. The van der Waals surface area contributed by atoms with Gasteiger partial charge in [0.25, 0.3) is 0 Å². The first-order chi connectivity index (χ1) is 9.77. The van der Waals surface area contributed by atoms with Gasteiger partial charge in [0, 0.05) is 12.1 Å². The van der Waals surface area contributed by atoms with E-state index in [1.54, 1.807) is 0 Å². The second kappa shape index (κ2) is 7.04. The van der Waals surface area contributed by atoms with Gasteiger partial charge in [0.05, 0.1) is 12.2 Å². The number of amides is 2. The number of primary amides is 1. The number of carbonyl (C=O) groups is 2. The fourth-order valence-electron chi connectivity index (χ4n) is 1.51. The minimum atomic E-state index is -3.94. The summed E-state index contributed by atoms with van der Waals surface area (Å²) in [6.45, 7) is 1.96. The standard InChI is InChI=1S/C12H18N4O4S/c1-2-5-15-11(17)7-16-21(19,20)10-4-3-8(12(14)18)6-9(10)13/h3-4,6,16H,2,5,7,13H2,1H3,(H2,14,18)(H,15,17). The van der Waals surface area contributed by atoms with E-state index in [2.05, 4.69) is 10.0 Å². The zero-order chi connectivity index (χ0) is 16.0. The first kappa shape index (κ1) is 16.9. The maximum Gasteiger partial charge on any atom is 0.248 e. The summed E-state index contributed by atoms with van der Waals surface area (Å²) in [4.78, 5) is 22.1. The SMILES string of the molecule is CCCNC(=O)CNS(=O)(=O)c1ccc(C(N)=O)cc1N. The van der Waals surface area contributed by atoms with E-state index in [4.69, 9.17) is 11.5 Å². The van der Waals surface area contributed by atoms with Gasteiger partial charge in [-0.15, -0.1) is 0 Å². The lowest BCUT2D eigenvalue weighted by molar-refractivity contribution is -0.119. The molecule has 0 spiro atoms. The van der Waals surface area contributed by atoms with E-state index in [-0.39, 0.29) is 22.7 Å². The smallest absolute Gasteiger partial charge is 0.248 e. The molecule has 0 aliphatic rings. The van der Waals surface area contributed by atoms with E-state index >= 15 is 0 Å². The van der Waals surface area contributed by atoms with Crippen molar-refractivity contribution in [2.75, 3.05) is 18.8 Å². The molecule has 1 rings (SSSR count). The maximum atomic E-state index is 12.0. The first-order valence-electron chi connectivity index (χ1n) is 6.23. The predicted octanol–water partition coefficient (Wildman–Crippen LogP) is -0.828. The number of rotatable bonds is 7. The van der Waals surface area contributed by atoms with Crippen molar-refractivity contribution in [2.45, 2.75) is 18.2 Å². The van der Waals surface area contributed by atoms with Gasteiger partial charge in [-0.3, -0.25) is 9.59 Å². The molecule has 2 amide bonds. The monoisotopic (exact) mass is 314 g/mol. The molecule has 0 radical (unpaired) electrons. The Kier molecular flexibility index (Phi) is 5.68. The Morgan fingerprint density at radius 1 is 1.29 bits per heavy atom. The summed E-state index contributed by atoms with van der Waals surface area (Å²) in [5.74, 6) is -1.15. The van der Waals surface area contributed by atoms with E-state index in [0.29, 0.717) is 6.54 Å². The molecule has 6 N–H and O–H groups in total. The van der Waals surface area contributed by atoms with Crippen LogP contribution in [-0.2, 0) is 14.8 Å². The highest BCUT2D eigenvalue weighted by atomic mass is 32.2. The van der Waals surface area contributed by atoms with Crippen LogP contribution in [0.25, 0.3) is 0 Å². The summed E-state index contributed by atoms with van der Waals surface area (Å²) < 4.78 is 26.2. The number of hydrogen-bond acceptors (Lipinski definition) is 5. The van der Waals surface area contributed by atoms with Crippen molar-refractivity contribution >= 4 is 27.5 Å². The lowest BCUT2D eigenvalue weighted by Crippen LogP contribution is -2.37. The molecule has 0 bridgehead atoms. The largest absolute Gasteiger partial charge is 0.398 e. The Labute approximate surface area is 122 Å². The lowest BCUT2D eigenvalue weighted by Gasteiger charge is -2.10. The van der Waals surface area contributed by atoms with Crippen LogP contribution in [0.2, 0.25) is 0 Å². The molecular weight excluding hydrogens is 296 g/mol. The third-order valence-corrected chi connectivity index (χ3v) is 4.05. The molecule has 9 heteroatoms. The summed E-state index contributed by atoms with van der Waals surface area (Å²) >= 11 is 0. The first-order valence-corrected chi connectivity index (χ1v) is 7.72. The number of carbonyl (C=O) groups excluding carboxylic acids is 2. The number of benzene rings is 1. The van der Waals surface area contributed by atoms with Gasteiger partial charge in [-0.25, -0.2) is 13.1 Å². The van der Waals surface area contributed by atoms with Crippen LogP contribution < -0.4 is 21.5 Å². The van der Waals surface area contributed by atoms with E-state index in [0.717, 1.165) is 6.42 Å². The van der Waals surface area contributed by atoms with Crippen molar-refractivity contribution in [3.8, 4) is 0 Å². The van der Waals surface area contributed by atoms with Crippen LogP contribution in [0.15, 0.2) is 23.1 Å². The van der Waals surface area contributed by atoms with Crippen molar-refractivity contribution in [3.63, 3.8) is 0 Å². The fraction of sp³-hybridized carbons (Fsp3) is 0.333. The van der Waals surface area contributed by atoms with Gasteiger partial charge < -0.3 is 16.8 Å². The summed E-state index contributed by atoms with van der Waals surface area (Å²) in [6, 6.07) is 3.60. The van der Waals surface area contributed by atoms with Gasteiger partial charge >= 0.3 is 0 Å². The zero-order valence-electron chi connectivity index (χ0n) is 11.5. The molecular formula is C12H18N4O4S. The van der Waals surface area contributed by atoms with Gasteiger partial charge in [0.2, 0.25) is 21.8 Å². The second-order valence-corrected chi connectivity index (χ2v) is 6.03. The number of sulfonamides is 1. The van der Waals surface area contributed by atoms with Gasteiger partial charge in [-0.1, -0.05) is 6.92 Å². The van der Waals surface area contributed by atoms with Crippen molar-refractivity contribution in [2.24, 2.45) is 5.73 Å². The molecule has 0 aliphatic heterocycles. The van der Waals surface area contributed by atoms with Gasteiger partial charge in [0.1, 0.15) is 4.90 Å². The minimum Gasteiger partial charge on any atom is -0.398 e. The lowest BCUT2D eigenvalue weighted by atomic mass is 10.2. The number of anilines is 1. The molecule has 21 heavy (non-hydrogen) atoms. The average Bonchev–Trinajstić information content (AvgIpc) is 2.42. The van der Waals surface area contributed by atoms with Crippen LogP contribution in [0, 0.1) is 0 Å². The van der Waals surface area contributed by atoms with Crippen molar-refractivity contribution < 1.29 is 18.0 Å². The van der Waals surface area contributed by atoms with E-state index in [1.807, 2.05) is 6.92 Å². The van der Waals surface area contributed by atoms with Crippen LogP contribution >= 0.6 is 0 Å². The van der Waals surface area contributed by atoms with Crippen molar-refractivity contribution in [3.05, 3.63) is 23.8 Å². The molecule has 0 heterocycles. The topological polar surface area (TPSA) is 144 Å². The van der Waals surface area contributed by atoms with Crippen LogP contribution in [-0.4, -0.2) is 33.3 Å². The van der Waals surface area contributed by atoms with Gasteiger partial charge in [0.15, 0.2) is 0 Å². The molecule has 0 fully saturated rings. The van der Waals surface area contributed by atoms with Gasteiger partial charge in [-0.05, 0) is 24.6 Å². The Balaban J connectivity index is 2.84. The molecule has 0 aromatic heterocycles. The number of nitrogen functional groups attached to an aromatic ring is 1. The number of nitrogens with two attached hydrogens (primary N) is 2. The van der Waals surface area contributed by atoms with Gasteiger partial charge in [-0.2, -0.15) is 0 Å². The van der Waals surface area contributed by atoms with Crippen LogP contribution in [0.3, 0.4) is 0 Å². The number of hydrogen-bond donors (Lipinski definition) is 4. The zero-order valence-corrected chi connectivity index (χ0v) is 12.4. The highest BCUT2D eigenvalue weighted by Crippen LogP contribution is 2.19. The van der Waals surface area contributed by atoms with E-state index in [1.165, 1.54) is 18.2 Å². The summed E-state index contributed by atoms with van der Waals surface area (Å²) in [5.41, 5.74) is 10.7. The molecule has 0 aliphatic carbocycles. The Bertz CT molecular complexity index is 643. The van der Waals surface area contributed by atoms with E-state index in [9.17, 15) is 18.0 Å². The number of nitrogens with one attached hydrogen (secondary N) is 2. The summed E-state index contributed by atoms with van der Waals surface area (Å²) in [7, 11) is -3.94. The Morgan fingerprint density at radius 2 is 1.95 bits per heavy atom. The third-order valence-electron chi connectivity index (χ3n) is 2.58. The molecule has 1 aromatic carbocycles. The second-order valence-electron chi connectivity index (χ2n) is 4.29. The van der Waals surface area contributed by atoms with Crippen LogP contribution in [0.1, 0.15) is 23.7 Å². The molecule has 116 valence electrons. The van der Waals surface area contributed by atoms with Crippen molar-refractivity contribution in [1.82, 2.24) is 10.0 Å². The highest BCUT2D eigenvalue weighted by molar-refractivity contribution is 7.89. The molecule has 0 atom stereocenters. The molecule has 1 aromatic rings. The Morgan fingerprint density at radius 3 is 2.48 bits per heavy atom. The quantitative estimate of drug-likeness (QED) is 0.486. The highest BCUT2D eigenvalue weighted by Gasteiger charge is 2.19. The molecule has 0 saturated carbocycles. The maximum absolute atomic E-state index is 12.0. The molecule has 8 nitrogen and oxygen atoms in total. The normalized spacial score (nSPS) is 11.1. The molecule has 0 saturated heterocycles.